The standard InChI is InChI=1S/C27H29N3O3/c1-18(2)25(27(33)29-23-16-10-15-22(17-23)28-19(3)31)30-26(32)24(20-11-6-4-7-12-20)21-13-8-5-9-14-21/h4-18,24-25H,1-3H3,(H,28,31)(H,29,33)(H,30,32). The van der Waals surface area contributed by atoms with Crippen molar-refractivity contribution >= 4 is 29.1 Å². The third kappa shape index (κ3) is 6.53. The zero-order valence-electron chi connectivity index (χ0n) is 19.0. The highest BCUT2D eigenvalue weighted by molar-refractivity contribution is 5.99. The fourth-order valence-electron chi connectivity index (χ4n) is 3.66. The van der Waals surface area contributed by atoms with E-state index in [2.05, 4.69) is 16.0 Å². The Bertz CT molecular complexity index is 1060. The summed E-state index contributed by atoms with van der Waals surface area (Å²) in [4.78, 5) is 37.9. The lowest BCUT2D eigenvalue weighted by atomic mass is 9.89. The van der Waals surface area contributed by atoms with Gasteiger partial charge in [0.05, 0.1) is 5.92 Å². The minimum absolute atomic E-state index is 0.139. The van der Waals surface area contributed by atoms with Gasteiger partial charge in [0.15, 0.2) is 0 Å². The topological polar surface area (TPSA) is 87.3 Å². The van der Waals surface area contributed by atoms with Crippen molar-refractivity contribution in [2.45, 2.75) is 32.7 Å². The molecular formula is C27H29N3O3. The van der Waals surface area contributed by atoms with E-state index in [1.54, 1.807) is 24.3 Å². The van der Waals surface area contributed by atoms with Gasteiger partial charge in [0.2, 0.25) is 17.7 Å². The fraction of sp³-hybridized carbons (Fsp3) is 0.222. The van der Waals surface area contributed by atoms with Crippen LogP contribution in [0.3, 0.4) is 0 Å². The molecule has 3 aromatic rings. The monoisotopic (exact) mass is 443 g/mol. The first-order valence-corrected chi connectivity index (χ1v) is 10.9. The molecule has 0 spiro atoms. The van der Waals surface area contributed by atoms with E-state index in [4.69, 9.17) is 0 Å². The van der Waals surface area contributed by atoms with E-state index < -0.39 is 12.0 Å². The summed E-state index contributed by atoms with van der Waals surface area (Å²) >= 11 is 0. The van der Waals surface area contributed by atoms with Crippen molar-refractivity contribution in [3.8, 4) is 0 Å². The van der Waals surface area contributed by atoms with E-state index in [-0.39, 0.29) is 23.6 Å². The number of benzene rings is 3. The molecule has 0 heterocycles. The molecule has 0 fully saturated rings. The molecule has 0 aliphatic heterocycles. The highest BCUT2D eigenvalue weighted by Gasteiger charge is 2.29. The number of hydrogen-bond acceptors (Lipinski definition) is 3. The van der Waals surface area contributed by atoms with Crippen LogP contribution in [0.2, 0.25) is 0 Å². The molecule has 0 saturated carbocycles. The van der Waals surface area contributed by atoms with Crippen LogP contribution in [0.4, 0.5) is 11.4 Å². The predicted octanol–water partition coefficient (Wildman–Crippen LogP) is 4.56. The maximum absolute atomic E-state index is 13.5. The predicted molar refractivity (Wildman–Crippen MR) is 131 cm³/mol. The van der Waals surface area contributed by atoms with Crippen LogP contribution in [0.15, 0.2) is 84.9 Å². The molecule has 1 unspecified atom stereocenters. The molecule has 0 radical (unpaired) electrons. The first kappa shape index (κ1) is 23.7. The van der Waals surface area contributed by atoms with Crippen molar-refractivity contribution in [1.29, 1.82) is 0 Å². The summed E-state index contributed by atoms with van der Waals surface area (Å²) in [7, 11) is 0. The number of rotatable bonds is 8. The van der Waals surface area contributed by atoms with Crippen LogP contribution in [-0.4, -0.2) is 23.8 Å². The summed E-state index contributed by atoms with van der Waals surface area (Å²) in [5.74, 6) is -1.44. The summed E-state index contributed by atoms with van der Waals surface area (Å²) in [6.07, 6.45) is 0. The first-order chi connectivity index (χ1) is 15.8. The van der Waals surface area contributed by atoms with Gasteiger partial charge in [-0.2, -0.15) is 0 Å². The zero-order valence-corrected chi connectivity index (χ0v) is 19.0. The second-order valence-corrected chi connectivity index (χ2v) is 8.24. The minimum Gasteiger partial charge on any atom is -0.343 e. The number of carbonyl (C=O) groups excluding carboxylic acids is 3. The Morgan fingerprint density at radius 1 is 0.667 bits per heavy atom. The molecule has 0 aliphatic carbocycles. The maximum Gasteiger partial charge on any atom is 0.247 e. The Balaban J connectivity index is 1.81. The summed E-state index contributed by atoms with van der Waals surface area (Å²) in [6, 6.07) is 25.2. The number of nitrogens with one attached hydrogen (secondary N) is 3. The largest absolute Gasteiger partial charge is 0.343 e. The molecule has 3 aromatic carbocycles. The lowest BCUT2D eigenvalue weighted by molar-refractivity contribution is -0.127. The molecule has 0 saturated heterocycles. The van der Waals surface area contributed by atoms with Gasteiger partial charge in [0, 0.05) is 18.3 Å². The SMILES string of the molecule is CC(=O)Nc1cccc(NC(=O)C(NC(=O)C(c2ccccc2)c2ccccc2)C(C)C)c1. The molecule has 170 valence electrons. The van der Waals surface area contributed by atoms with E-state index in [0.29, 0.717) is 11.4 Å². The third-order valence-electron chi connectivity index (χ3n) is 5.23. The van der Waals surface area contributed by atoms with Gasteiger partial charge in [-0.25, -0.2) is 0 Å². The molecule has 0 aliphatic rings. The number of hydrogen-bond donors (Lipinski definition) is 3. The van der Waals surface area contributed by atoms with Gasteiger partial charge in [0.1, 0.15) is 6.04 Å². The van der Waals surface area contributed by atoms with E-state index in [1.165, 1.54) is 6.92 Å². The summed E-state index contributed by atoms with van der Waals surface area (Å²) < 4.78 is 0. The number of carbonyl (C=O) groups is 3. The molecule has 3 amide bonds. The summed E-state index contributed by atoms with van der Waals surface area (Å²) in [5, 5.41) is 8.51. The van der Waals surface area contributed by atoms with Gasteiger partial charge in [-0.3, -0.25) is 14.4 Å². The second kappa shape index (κ2) is 11.1. The van der Waals surface area contributed by atoms with Crippen LogP contribution in [0.25, 0.3) is 0 Å². The molecule has 6 heteroatoms. The van der Waals surface area contributed by atoms with E-state index in [9.17, 15) is 14.4 Å². The molecule has 6 nitrogen and oxygen atoms in total. The molecule has 0 bridgehead atoms. The van der Waals surface area contributed by atoms with Crippen LogP contribution >= 0.6 is 0 Å². The Hall–Kier alpha value is -3.93. The Kier molecular flexibility index (Phi) is 7.97. The highest BCUT2D eigenvalue weighted by atomic mass is 16.2. The van der Waals surface area contributed by atoms with Crippen LogP contribution in [0, 0.1) is 5.92 Å². The Morgan fingerprint density at radius 2 is 1.18 bits per heavy atom. The van der Waals surface area contributed by atoms with Crippen LogP contribution in [0.5, 0.6) is 0 Å². The van der Waals surface area contributed by atoms with Crippen molar-refractivity contribution in [1.82, 2.24) is 5.32 Å². The summed E-state index contributed by atoms with van der Waals surface area (Å²) in [6.45, 7) is 5.20. The van der Waals surface area contributed by atoms with E-state index in [1.807, 2.05) is 74.5 Å². The van der Waals surface area contributed by atoms with Crippen molar-refractivity contribution in [2.24, 2.45) is 5.92 Å². The first-order valence-electron chi connectivity index (χ1n) is 10.9. The van der Waals surface area contributed by atoms with Gasteiger partial charge in [-0.1, -0.05) is 80.6 Å². The number of anilines is 2. The highest BCUT2D eigenvalue weighted by Crippen LogP contribution is 2.25. The normalized spacial score (nSPS) is 11.7. The zero-order chi connectivity index (χ0) is 23.8. The summed E-state index contributed by atoms with van der Waals surface area (Å²) in [5.41, 5.74) is 2.83. The van der Waals surface area contributed by atoms with Crippen LogP contribution in [-0.2, 0) is 14.4 Å². The van der Waals surface area contributed by atoms with Crippen molar-refractivity contribution in [3.63, 3.8) is 0 Å². The third-order valence-corrected chi connectivity index (χ3v) is 5.23. The van der Waals surface area contributed by atoms with Gasteiger partial charge in [-0.05, 0) is 35.2 Å². The molecule has 3 N–H and O–H groups in total. The fourth-order valence-corrected chi connectivity index (χ4v) is 3.66. The van der Waals surface area contributed by atoms with Gasteiger partial charge in [-0.15, -0.1) is 0 Å². The smallest absolute Gasteiger partial charge is 0.247 e. The molecule has 3 rings (SSSR count). The molecule has 1 atom stereocenters. The second-order valence-electron chi connectivity index (χ2n) is 8.24. The van der Waals surface area contributed by atoms with Crippen molar-refractivity contribution < 1.29 is 14.4 Å². The average Bonchev–Trinajstić information content (AvgIpc) is 2.78. The minimum atomic E-state index is -0.739. The van der Waals surface area contributed by atoms with E-state index in [0.717, 1.165) is 11.1 Å². The van der Waals surface area contributed by atoms with Crippen LogP contribution in [0.1, 0.15) is 37.8 Å². The number of amides is 3. The van der Waals surface area contributed by atoms with Gasteiger partial charge >= 0.3 is 0 Å². The lowest BCUT2D eigenvalue weighted by Gasteiger charge is -2.25. The molecule has 0 aromatic heterocycles. The van der Waals surface area contributed by atoms with Gasteiger partial charge < -0.3 is 16.0 Å². The quantitative estimate of drug-likeness (QED) is 0.477. The van der Waals surface area contributed by atoms with Crippen molar-refractivity contribution in [3.05, 3.63) is 96.1 Å². The molecule has 33 heavy (non-hydrogen) atoms. The Labute approximate surface area is 194 Å². The Morgan fingerprint density at radius 3 is 1.67 bits per heavy atom. The lowest BCUT2D eigenvalue weighted by Crippen LogP contribution is -2.48. The molecular weight excluding hydrogens is 414 g/mol. The van der Waals surface area contributed by atoms with Crippen LogP contribution < -0.4 is 16.0 Å². The van der Waals surface area contributed by atoms with Gasteiger partial charge in [0.25, 0.3) is 0 Å². The van der Waals surface area contributed by atoms with E-state index >= 15 is 0 Å². The maximum atomic E-state index is 13.5. The van der Waals surface area contributed by atoms with Crippen molar-refractivity contribution in [2.75, 3.05) is 10.6 Å². The average molecular weight is 444 g/mol.